The quantitative estimate of drug-likeness (QED) is 0.444. The third-order valence-electron chi connectivity index (χ3n) is 5.12. The van der Waals surface area contributed by atoms with Gasteiger partial charge >= 0.3 is 5.97 Å². The van der Waals surface area contributed by atoms with Crippen molar-refractivity contribution in [3.8, 4) is 16.8 Å². The van der Waals surface area contributed by atoms with Crippen LogP contribution in [0.2, 0.25) is 0 Å². The van der Waals surface area contributed by atoms with E-state index in [4.69, 9.17) is 4.74 Å². The van der Waals surface area contributed by atoms with Gasteiger partial charge in [0.2, 0.25) is 0 Å². The first kappa shape index (κ1) is 21.1. The summed E-state index contributed by atoms with van der Waals surface area (Å²) < 4.78 is 6.97. The van der Waals surface area contributed by atoms with Crippen LogP contribution in [0.4, 0.5) is 5.69 Å². The number of amides is 1. The van der Waals surface area contributed by atoms with Gasteiger partial charge in [-0.1, -0.05) is 60.7 Å². The van der Waals surface area contributed by atoms with Crippen molar-refractivity contribution in [1.82, 2.24) is 9.78 Å². The van der Waals surface area contributed by atoms with Gasteiger partial charge in [-0.05, 0) is 49.2 Å². The van der Waals surface area contributed by atoms with Crippen molar-refractivity contribution in [2.45, 2.75) is 13.8 Å². The minimum Gasteiger partial charge on any atom is -0.452 e. The van der Waals surface area contributed by atoms with E-state index in [9.17, 15) is 9.59 Å². The predicted octanol–water partition coefficient (Wildman–Crippen LogP) is 4.95. The summed E-state index contributed by atoms with van der Waals surface area (Å²) in [6.45, 7) is 3.32. The molecule has 6 nitrogen and oxygen atoms in total. The Kier molecular flexibility index (Phi) is 6.12. The average Bonchev–Trinajstić information content (AvgIpc) is 3.12. The van der Waals surface area contributed by atoms with Crippen molar-refractivity contribution in [1.29, 1.82) is 0 Å². The number of benzene rings is 3. The molecule has 1 aromatic heterocycles. The Labute approximate surface area is 186 Å². The Morgan fingerprint density at radius 1 is 0.844 bits per heavy atom. The zero-order valence-electron chi connectivity index (χ0n) is 17.9. The molecule has 4 aromatic rings. The molecule has 0 radical (unpaired) electrons. The molecule has 0 aliphatic rings. The van der Waals surface area contributed by atoms with Crippen molar-refractivity contribution in [3.05, 3.63) is 102 Å². The van der Waals surface area contributed by atoms with Crippen LogP contribution in [0, 0.1) is 13.8 Å². The summed E-state index contributed by atoms with van der Waals surface area (Å²) in [6.07, 6.45) is 0. The minimum atomic E-state index is -0.548. The summed E-state index contributed by atoms with van der Waals surface area (Å²) >= 11 is 0. The maximum Gasteiger partial charge on any atom is 0.338 e. The average molecular weight is 425 g/mol. The Bertz CT molecular complexity index is 1230. The van der Waals surface area contributed by atoms with Gasteiger partial charge in [0.05, 0.1) is 28.3 Å². The summed E-state index contributed by atoms with van der Waals surface area (Å²) in [4.78, 5) is 24.8. The van der Waals surface area contributed by atoms with E-state index in [0.29, 0.717) is 16.9 Å². The zero-order valence-corrected chi connectivity index (χ0v) is 17.9. The van der Waals surface area contributed by atoms with Crippen molar-refractivity contribution in [2.75, 3.05) is 11.9 Å². The van der Waals surface area contributed by atoms with E-state index in [1.165, 1.54) is 0 Å². The number of para-hydroxylation sites is 1. The highest BCUT2D eigenvalue weighted by molar-refractivity contribution is 5.96. The first-order valence-corrected chi connectivity index (χ1v) is 10.3. The summed E-state index contributed by atoms with van der Waals surface area (Å²) in [5, 5.41) is 7.31. The molecule has 160 valence electrons. The number of esters is 1. The molecule has 0 fully saturated rings. The molecule has 0 spiro atoms. The summed E-state index contributed by atoms with van der Waals surface area (Å²) in [7, 11) is 0. The molecule has 0 unspecified atom stereocenters. The number of carbonyl (C=O) groups excluding carboxylic acids is 2. The lowest BCUT2D eigenvalue weighted by Gasteiger charge is -2.08. The molecule has 1 heterocycles. The lowest BCUT2D eigenvalue weighted by atomic mass is 10.0. The fraction of sp³-hybridized carbons (Fsp3) is 0.115. The molecule has 1 amide bonds. The number of hydrogen-bond acceptors (Lipinski definition) is 4. The molecule has 0 bridgehead atoms. The third kappa shape index (κ3) is 4.59. The highest BCUT2D eigenvalue weighted by atomic mass is 16.5. The van der Waals surface area contributed by atoms with E-state index >= 15 is 0 Å². The molecular formula is C26H23N3O3. The molecule has 0 aliphatic heterocycles. The van der Waals surface area contributed by atoms with E-state index in [-0.39, 0.29) is 6.61 Å². The molecule has 32 heavy (non-hydrogen) atoms. The van der Waals surface area contributed by atoms with E-state index in [1.807, 2.05) is 86.6 Å². The van der Waals surface area contributed by atoms with Crippen LogP contribution in [0.5, 0.6) is 0 Å². The molecule has 0 atom stereocenters. The van der Waals surface area contributed by atoms with Crippen LogP contribution in [-0.2, 0) is 9.53 Å². The van der Waals surface area contributed by atoms with E-state index < -0.39 is 11.9 Å². The normalized spacial score (nSPS) is 10.6. The van der Waals surface area contributed by atoms with Gasteiger partial charge in [0, 0.05) is 0 Å². The van der Waals surface area contributed by atoms with Crippen molar-refractivity contribution >= 4 is 17.6 Å². The number of rotatable bonds is 6. The van der Waals surface area contributed by atoms with Gasteiger partial charge in [-0.25, -0.2) is 9.48 Å². The predicted molar refractivity (Wildman–Crippen MR) is 124 cm³/mol. The van der Waals surface area contributed by atoms with Crippen LogP contribution in [0.25, 0.3) is 16.8 Å². The first-order chi connectivity index (χ1) is 15.5. The van der Waals surface area contributed by atoms with Gasteiger partial charge < -0.3 is 10.1 Å². The molecule has 0 saturated carbocycles. The van der Waals surface area contributed by atoms with Gasteiger partial charge in [0.25, 0.3) is 5.91 Å². The number of ether oxygens (including phenoxy) is 1. The Hall–Kier alpha value is -4.19. The van der Waals surface area contributed by atoms with Gasteiger partial charge in [-0.15, -0.1) is 0 Å². The lowest BCUT2D eigenvalue weighted by molar-refractivity contribution is -0.119. The zero-order chi connectivity index (χ0) is 22.5. The second-order valence-electron chi connectivity index (χ2n) is 7.36. The molecule has 3 aromatic carbocycles. The number of anilines is 1. The van der Waals surface area contributed by atoms with Crippen molar-refractivity contribution < 1.29 is 14.3 Å². The van der Waals surface area contributed by atoms with Crippen LogP contribution in [0.15, 0.2) is 84.9 Å². The molecule has 6 heteroatoms. The van der Waals surface area contributed by atoms with Crippen LogP contribution in [-0.4, -0.2) is 28.3 Å². The Balaban J connectivity index is 1.37. The van der Waals surface area contributed by atoms with E-state index in [0.717, 1.165) is 22.5 Å². The van der Waals surface area contributed by atoms with E-state index in [2.05, 4.69) is 10.4 Å². The van der Waals surface area contributed by atoms with Crippen molar-refractivity contribution in [2.24, 2.45) is 0 Å². The monoisotopic (exact) mass is 425 g/mol. The largest absolute Gasteiger partial charge is 0.452 e. The van der Waals surface area contributed by atoms with Crippen molar-refractivity contribution in [3.63, 3.8) is 0 Å². The van der Waals surface area contributed by atoms with Crippen LogP contribution in [0.1, 0.15) is 21.7 Å². The second-order valence-corrected chi connectivity index (χ2v) is 7.36. The van der Waals surface area contributed by atoms with E-state index in [1.54, 1.807) is 16.8 Å². The number of aromatic nitrogens is 2. The maximum atomic E-state index is 12.4. The number of nitrogens with zero attached hydrogens (tertiary/aromatic N) is 2. The second kappa shape index (κ2) is 9.31. The van der Waals surface area contributed by atoms with Crippen LogP contribution in [0.3, 0.4) is 0 Å². The van der Waals surface area contributed by atoms with Gasteiger partial charge in [0.15, 0.2) is 6.61 Å². The van der Waals surface area contributed by atoms with Gasteiger partial charge in [-0.3, -0.25) is 4.79 Å². The Morgan fingerprint density at radius 3 is 2.09 bits per heavy atom. The van der Waals surface area contributed by atoms with Crippen LogP contribution >= 0.6 is 0 Å². The number of hydrogen-bond donors (Lipinski definition) is 1. The molecule has 0 saturated heterocycles. The van der Waals surface area contributed by atoms with Gasteiger partial charge in [0.1, 0.15) is 0 Å². The fourth-order valence-corrected chi connectivity index (χ4v) is 3.46. The third-order valence-corrected chi connectivity index (χ3v) is 5.12. The molecule has 1 N–H and O–H groups in total. The van der Waals surface area contributed by atoms with Gasteiger partial charge in [-0.2, -0.15) is 5.10 Å². The summed E-state index contributed by atoms with van der Waals surface area (Å²) in [5.41, 5.74) is 5.45. The summed E-state index contributed by atoms with van der Waals surface area (Å²) in [5.74, 6) is -0.966. The fourth-order valence-electron chi connectivity index (χ4n) is 3.46. The number of carbonyl (C=O) groups is 2. The highest BCUT2D eigenvalue weighted by Crippen LogP contribution is 2.23. The maximum absolute atomic E-state index is 12.4. The number of nitrogens with one attached hydrogen (secondary N) is 1. The SMILES string of the molecule is Cc1nn(-c2ccccc2)c(C)c1NC(=O)COC(=O)c1ccc(-c2ccccc2)cc1. The first-order valence-electron chi connectivity index (χ1n) is 10.3. The molecular weight excluding hydrogens is 402 g/mol. The standard InChI is InChI=1S/C26H23N3O3/c1-18-25(19(2)29(28-18)23-11-7-4-8-12-23)27-24(30)17-32-26(31)22-15-13-21(14-16-22)20-9-5-3-6-10-20/h3-16H,17H2,1-2H3,(H,27,30). The topological polar surface area (TPSA) is 73.2 Å². The lowest BCUT2D eigenvalue weighted by Crippen LogP contribution is -2.21. The minimum absolute atomic E-state index is 0.380. The summed E-state index contributed by atoms with van der Waals surface area (Å²) in [6, 6.07) is 26.7. The number of aryl methyl sites for hydroxylation is 1. The highest BCUT2D eigenvalue weighted by Gasteiger charge is 2.17. The Morgan fingerprint density at radius 2 is 1.44 bits per heavy atom. The molecule has 4 rings (SSSR count). The molecule has 0 aliphatic carbocycles. The smallest absolute Gasteiger partial charge is 0.338 e. The van der Waals surface area contributed by atoms with Crippen LogP contribution < -0.4 is 5.32 Å².